The Morgan fingerprint density at radius 3 is 2.38 bits per heavy atom. The molecule has 3 rings (SSSR count). The highest BCUT2D eigenvalue weighted by Gasteiger charge is 2.12. The molecule has 0 bridgehead atoms. The monoisotopic (exact) mass is 345 g/mol. The lowest BCUT2D eigenvalue weighted by atomic mass is 10.0. The lowest BCUT2D eigenvalue weighted by Gasteiger charge is -2.12. The SMILES string of the molecule is CC(C)c1ccc(NC(=O)c2cccnc2NCc2ccccc2)cc1. The summed E-state index contributed by atoms with van der Waals surface area (Å²) >= 11 is 0. The second-order valence-corrected chi connectivity index (χ2v) is 6.47. The quantitative estimate of drug-likeness (QED) is 0.656. The molecular formula is C22H23N3O. The summed E-state index contributed by atoms with van der Waals surface area (Å²) in [7, 11) is 0. The van der Waals surface area contributed by atoms with Gasteiger partial charge in [0.2, 0.25) is 0 Å². The summed E-state index contributed by atoms with van der Waals surface area (Å²) in [6.07, 6.45) is 1.68. The molecule has 1 amide bonds. The van der Waals surface area contributed by atoms with Crippen molar-refractivity contribution in [3.63, 3.8) is 0 Å². The van der Waals surface area contributed by atoms with Crippen molar-refractivity contribution in [2.45, 2.75) is 26.3 Å². The predicted octanol–water partition coefficient (Wildman–Crippen LogP) is 5.07. The van der Waals surface area contributed by atoms with Gasteiger partial charge in [-0.05, 0) is 41.3 Å². The number of carbonyl (C=O) groups is 1. The fraction of sp³-hybridized carbons (Fsp3) is 0.182. The van der Waals surface area contributed by atoms with Crippen LogP contribution < -0.4 is 10.6 Å². The molecular weight excluding hydrogens is 322 g/mol. The van der Waals surface area contributed by atoms with E-state index in [9.17, 15) is 4.79 Å². The van der Waals surface area contributed by atoms with Crippen LogP contribution in [0.25, 0.3) is 0 Å². The van der Waals surface area contributed by atoms with Crippen molar-refractivity contribution >= 4 is 17.4 Å². The zero-order valence-corrected chi connectivity index (χ0v) is 15.1. The van der Waals surface area contributed by atoms with Crippen LogP contribution in [0.3, 0.4) is 0 Å². The summed E-state index contributed by atoms with van der Waals surface area (Å²) in [5.74, 6) is 0.866. The number of hydrogen-bond donors (Lipinski definition) is 2. The molecule has 1 aromatic heterocycles. The topological polar surface area (TPSA) is 54.0 Å². The van der Waals surface area contributed by atoms with E-state index in [1.54, 1.807) is 18.3 Å². The van der Waals surface area contributed by atoms with Gasteiger partial charge in [-0.25, -0.2) is 4.98 Å². The number of anilines is 2. The van der Waals surface area contributed by atoms with E-state index in [-0.39, 0.29) is 5.91 Å². The van der Waals surface area contributed by atoms with Crippen molar-refractivity contribution in [3.05, 3.63) is 89.6 Å². The Balaban J connectivity index is 1.71. The van der Waals surface area contributed by atoms with Crippen molar-refractivity contribution in [2.75, 3.05) is 10.6 Å². The van der Waals surface area contributed by atoms with Crippen LogP contribution in [0.15, 0.2) is 72.9 Å². The van der Waals surface area contributed by atoms with E-state index >= 15 is 0 Å². The van der Waals surface area contributed by atoms with Crippen molar-refractivity contribution in [3.8, 4) is 0 Å². The normalized spacial score (nSPS) is 10.6. The average Bonchev–Trinajstić information content (AvgIpc) is 2.68. The number of nitrogens with one attached hydrogen (secondary N) is 2. The highest BCUT2D eigenvalue weighted by Crippen LogP contribution is 2.19. The van der Waals surface area contributed by atoms with Crippen molar-refractivity contribution in [2.24, 2.45) is 0 Å². The summed E-state index contributed by atoms with van der Waals surface area (Å²) < 4.78 is 0. The predicted molar refractivity (Wildman–Crippen MR) is 106 cm³/mol. The van der Waals surface area contributed by atoms with E-state index in [1.807, 2.05) is 54.6 Å². The van der Waals surface area contributed by atoms with Crippen molar-refractivity contribution in [1.82, 2.24) is 4.98 Å². The number of carbonyl (C=O) groups excluding carboxylic acids is 1. The zero-order chi connectivity index (χ0) is 18.4. The van der Waals surface area contributed by atoms with Crippen LogP contribution in [-0.2, 0) is 6.54 Å². The molecule has 0 aliphatic carbocycles. The largest absolute Gasteiger partial charge is 0.365 e. The van der Waals surface area contributed by atoms with Crippen molar-refractivity contribution < 1.29 is 4.79 Å². The molecule has 2 aromatic carbocycles. The number of rotatable bonds is 6. The average molecular weight is 345 g/mol. The molecule has 0 saturated carbocycles. The number of hydrogen-bond acceptors (Lipinski definition) is 3. The Morgan fingerprint density at radius 2 is 1.69 bits per heavy atom. The van der Waals surface area contributed by atoms with Crippen LogP contribution in [-0.4, -0.2) is 10.9 Å². The molecule has 0 spiro atoms. The number of pyridine rings is 1. The van der Waals surface area contributed by atoms with Gasteiger partial charge in [0.15, 0.2) is 0 Å². The Labute approximate surface area is 154 Å². The molecule has 0 aliphatic rings. The molecule has 4 heteroatoms. The lowest BCUT2D eigenvalue weighted by Crippen LogP contribution is -2.15. The third-order valence-electron chi connectivity index (χ3n) is 4.19. The van der Waals surface area contributed by atoms with Gasteiger partial charge in [-0.15, -0.1) is 0 Å². The number of aromatic nitrogens is 1. The maximum Gasteiger partial charge on any atom is 0.259 e. The molecule has 0 fully saturated rings. The summed E-state index contributed by atoms with van der Waals surface area (Å²) in [6, 6.07) is 21.5. The molecule has 0 radical (unpaired) electrons. The smallest absolute Gasteiger partial charge is 0.259 e. The summed E-state index contributed by atoms with van der Waals surface area (Å²) in [5.41, 5.74) is 3.68. The number of amides is 1. The standard InChI is InChI=1S/C22H23N3O/c1-16(2)18-10-12-19(13-11-18)25-22(26)20-9-6-14-23-21(20)24-15-17-7-4-3-5-8-17/h3-14,16H,15H2,1-2H3,(H,23,24)(H,25,26). The van der Waals surface area contributed by atoms with Crippen LogP contribution in [0, 0.1) is 0 Å². The summed E-state index contributed by atoms with van der Waals surface area (Å²) in [6.45, 7) is 4.91. The maximum atomic E-state index is 12.7. The Bertz CT molecular complexity index is 858. The van der Waals surface area contributed by atoms with Gasteiger partial charge in [-0.1, -0.05) is 56.3 Å². The van der Waals surface area contributed by atoms with E-state index in [4.69, 9.17) is 0 Å². The van der Waals surface area contributed by atoms with Gasteiger partial charge in [-0.2, -0.15) is 0 Å². The summed E-state index contributed by atoms with van der Waals surface area (Å²) in [4.78, 5) is 17.0. The van der Waals surface area contributed by atoms with Gasteiger partial charge >= 0.3 is 0 Å². The van der Waals surface area contributed by atoms with Gasteiger partial charge in [0.05, 0.1) is 5.56 Å². The van der Waals surface area contributed by atoms with E-state index in [0.29, 0.717) is 23.8 Å². The van der Waals surface area contributed by atoms with E-state index < -0.39 is 0 Å². The van der Waals surface area contributed by atoms with Crippen LogP contribution in [0.1, 0.15) is 41.3 Å². The fourth-order valence-electron chi connectivity index (χ4n) is 2.66. The lowest BCUT2D eigenvalue weighted by molar-refractivity contribution is 0.102. The van der Waals surface area contributed by atoms with Gasteiger partial charge in [0.25, 0.3) is 5.91 Å². The second kappa shape index (κ2) is 8.30. The van der Waals surface area contributed by atoms with E-state index in [1.165, 1.54) is 5.56 Å². The molecule has 26 heavy (non-hydrogen) atoms. The van der Waals surface area contributed by atoms with Gasteiger partial charge in [0.1, 0.15) is 5.82 Å². The molecule has 1 heterocycles. The molecule has 132 valence electrons. The van der Waals surface area contributed by atoms with Gasteiger partial charge in [-0.3, -0.25) is 4.79 Å². The summed E-state index contributed by atoms with van der Waals surface area (Å²) in [5, 5.41) is 6.19. The molecule has 0 aliphatic heterocycles. The van der Waals surface area contributed by atoms with E-state index in [2.05, 4.69) is 29.5 Å². The number of benzene rings is 2. The first-order valence-corrected chi connectivity index (χ1v) is 8.77. The third kappa shape index (κ3) is 4.48. The Kier molecular flexibility index (Phi) is 5.64. The highest BCUT2D eigenvalue weighted by atomic mass is 16.1. The second-order valence-electron chi connectivity index (χ2n) is 6.47. The first kappa shape index (κ1) is 17.7. The van der Waals surface area contributed by atoms with Crippen LogP contribution in [0.2, 0.25) is 0 Å². The third-order valence-corrected chi connectivity index (χ3v) is 4.19. The Hall–Kier alpha value is -3.14. The molecule has 0 unspecified atom stereocenters. The minimum Gasteiger partial charge on any atom is -0.365 e. The molecule has 3 aromatic rings. The fourth-order valence-corrected chi connectivity index (χ4v) is 2.66. The molecule has 2 N–H and O–H groups in total. The van der Waals surface area contributed by atoms with Gasteiger partial charge < -0.3 is 10.6 Å². The van der Waals surface area contributed by atoms with E-state index in [0.717, 1.165) is 11.3 Å². The Morgan fingerprint density at radius 1 is 0.962 bits per heavy atom. The molecule has 0 saturated heterocycles. The van der Waals surface area contributed by atoms with Gasteiger partial charge in [0, 0.05) is 18.4 Å². The van der Waals surface area contributed by atoms with Crippen LogP contribution in [0.5, 0.6) is 0 Å². The first-order valence-electron chi connectivity index (χ1n) is 8.77. The van der Waals surface area contributed by atoms with Crippen molar-refractivity contribution in [1.29, 1.82) is 0 Å². The highest BCUT2D eigenvalue weighted by molar-refractivity contribution is 6.07. The minimum atomic E-state index is -0.175. The van der Waals surface area contributed by atoms with Crippen LogP contribution >= 0.6 is 0 Å². The first-order chi connectivity index (χ1) is 12.6. The minimum absolute atomic E-state index is 0.175. The zero-order valence-electron chi connectivity index (χ0n) is 15.1. The maximum absolute atomic E-state index is 12.7. The van der Waals surface area contributed by atoms with Crippen LogP contribution in [0.4, 0.5) is 11.5 Å². The number of nitrogens with zero attached hydrogens (tertiary/aromatic N) is 1. The molecule has 4 nitrogen and oxygen atoms in total. The molecule has 0 atom stereocenters.